The molecule has 0 spiro atoms. The van der Waals surface area contributed by atoms with Gasteiger partial charge >= 0.3 is 0 Å². The average Bonchev–Trinajstić information content (AvgIpc) is 1.65. The zero-order valence-electron chi connectivity index (χ0n) is 3.33. The molecule has 0 N–H and O–H groups in total. The molecule has 7 heavy (non-hydrogen) atoms. The van der Waals surface area contributed by atoms with Crippen LogP contribution in [0.2, 0.25) is 0 Å². The Morgan fingerprint density at radius 3 is 2.14 bits per heavy atom. The van der Waals surface area contributed by atoms with Crippen molar-refractivity contribution in [1.82, 2.24) is 0 Å². The molecule has 0 heterocycles. The molecule has 0 fully saturated rings. The van der Waals surface area contributed by atoms with E-state index in [0.717, 1.165) is 0 Å². The van der Waals surface area contributed by atoms with Crippen LogP contribution >= 0.6 is 54.5 Å². The monoisotopic (exact) mass is 340 g/mol. The molecule has 0 atom stereocenters. The summed E-state index contributed by atoms with van der Waals surface area (Å²) in [4.78, 5) is 10.4. The highest BCUT2D eigenvalue weighted by Crippen LogP contribution is 2.09. The van der Waals surface area contributed by atoms with Crippen molar-refractivity contribution in [3.05, 3.63) is 0 Å². The van der Waals surface area contributed by atoms with Gasteiger partial charge < -0.3 is 0 Å². The topological polar surface area (TPSA) is 17.1 Å². The van der Waals surface area contributed by atoms with Crippen LogP contribution < -0.4 is 0 Å². The number of alkyl halides is 3. The second-order valence-electron chi connectivity index (χ2n) is 0.901. The van der Waals surface area contributed by atoms with Gasteiger partial charge in [0, 0.05) is 0 Å². The van der Waals surface area contributed by atoms with Crippen molar-refractivity contribution in [2.45, 2.75) is 3.74 Å². The molecule has 1 nitrogen and oxygen atoms in total. The van der Waals surface area contributed by atoms with E-state index in [1.54, 1.807) is 0 Å². The molecule has 0 rings (SSSR count). The van der Waals surface area contributed by atoms with Crippen molar-refractivity contribution in [3.8, 4) is 0 Å². The molecule has 0 unspecified atom stereocenters. The van der Waals surface area contributed by atoms with Gasteiger partial charge in [0.25, 0.3) is 0 Å². The second-order valence-corrected chi connectivity index (χ2v) is 4.72. The molecule has 0 saturated heterocycles. The van der Waals surface area contributed by atoms with Gasteiger partial charge in [0.05, 0.1) is 4.43 Å². The van der Waals surface area contributed by atoms with E-state index in [9.17, 15) is 4.79 Å². The number of hydrogen-bond donors (Lipinski definition) is 0. The Bertz CT molecular complexity index is 73.3. The number of carbonyl (C=O) groups excluding carboxylic acids is 1. The summed E-state index contributed by atoms with van der Waals surface area (Å²) in [7, 11) is 0. The molecule has 0 bridgehead atoms. The molecule has 42 valence electrons. The van der Waals surface area contributed by atoms with E-state index in [1.165, 1.54) is 0 Å². The Morgan fingerprint density at radius 2 is 2.14 bits per heavy atom. The minimum absolute atomic E-state index is 0.156. The van der Waals surface area contributed by atoms with E-state index in [1.807, 2.05) is 22.6 Å². The van der Waals surface area contributed by atoms with Gasteiger partial charge in [-0.2, -0.15) is 0 Å². The fourth-order valence-corrected chi connectivity index (χ4v) is 2.03. The van der Waals surface area contributed by atoms with Crippen LogP contribution in [-0.2, 0) is 4.79 Å². The molecule has 0 aliphatic rings. The molecule has 0 aromatic heterocycles. The number of rotatable bonds is 2. The maximum atomic E-state index is 10.4. The largest absolute Gasteiger partial charge is 0.297 e. The zero-order chi connectivity index (χ0) is 5.86. The first-order valence-corrected chi connectivity index (χ1v) is 4.91. The summed E-state index contributed by atoms with van der Waals surface area (Å²) in [5, 5.41) is 0. The summed E-state index contributed by atoms with van der Waals surface area (Å²) in [5.41, 5.74) is 0. The highest BCUT2D eigenvalue weighted by atomic mass is 127. The normalized spacial score (nSPS) is 9.71. The minimum Gasteiger partial charge on any atom is -0.297 e. The fraction of sp³-hybridized carbons (Fsp3) is 0.667. The lowest BCUT2D eigenvalue weighted by Crippen LogP contribution is -2.06. The van der Waals surface area contributed by atoms with Crippen LogP contribution in [0.4, 0.5) is 0 Å². The summed E-state index contributed by atoms with van der Waals surface area (Å²) in [6.45, 7) is 0. The Balaban J connectivity index is 3.35. The fourth-order valence-electron chi connectivity index (χ4n) is 0.0583. The number of halogens is 3. The maximum Gasteiger partial charge on any atom is 0.166 e. The molecular formula is C3H3Br2IO. The summed E-state index contributed by atoms with van der Waals surface area (Å²) in [6.07, 6.45) is 0. The highest BCUT2D eigenvalue weighted by Gasteiger charge is 2.06. The highest BCUT2D eigenvalue weighted by molar-refractivity contribution is 14.1. The van der Waals surface area contributed by atoms with Crippen molar-refractivity contribution in [3.63, 3.8) is 0 Å². The Morgan fingerprint density at radius 1 is 1.71 bits per heavy atom. The lowest BCUT2D eigenvalue weighted by atomic mass is 10.5. The van der Waals surface area contributed by atoms with Gasteiger partial charge in [-0.3, -0.25) is 4.79 Å². The molecule has 4 heteroatoms. The standard InChI is InChI=1S/C3H3Br2IO/c4-3(5)2(7)1-6/h3H,1H2. The van der Waals surface area contributed by atoms with Crippen LogP contribution in [0.25, 0.3) is 0 Å². The molecule has 0 aromatic rings. The third kappa shape index (κ3) is 3.90. The summed E-state index contributed by atoms with van der Waals surface area (Å²) in [6, 6.07) is 0. The maximum absolute atomic E-state index is 10.4. The predicted octanol–water partition coefficient (Wildman–Crippen LogP) is 2.11. The van der Waals surface area contributed by atoms with Crippen LogP contribution in [0.5, 0.6) is 0 Å². The average molecular weight is 342 g/mol. The van der Waals surface area contributed by atoms with Gasteiger partial charge in [0.1, 0.15) is 3.74 Å². The van der Waals surface area contributed by atoms with Crippen LogP contribution in [0.3, 0.4) is 0 Å². The first kappa shape index (κ1) is 8.36. The summed E-state index contributed by atoms with van der Waals surface area (Å²) < 4.78 is 0.399. The minimum atomic E-state index is -0.156. The first-order chi connectivity index (χ1) is 3.18. The van der Waals surface area contributed by atoms with E-state index in [0.29, 0.717) is 4.43 Å². The number of hydrogen-bond acceptors (Lipinski definition) is 1. The third-order valence-electron chi connectivity index (χ3n) is 0.375. The summed E-state index contributed by atoms with van der Waals surface area (Å²) >= 11 is 8.14. The van der Waals surface area contributed by atoms with Gasteiger partial charge in [0.15, 0.2) is 5.78 Å². The SMILES string of the molecule is O=C(CI)C(Br)Br. The van der Waals surface area contributed by atoms with Crippen molar-refractivity contribution < 1.29 is 4.79 Å². The molecule has 0 aliphatic heterocycles. The second kappa shape index (κ2) is 4.26. The molecule has 0 saturated carbocycles. The predicted molar refractivity (Wildman–Crippen MR) is 45.5 cm³/mol. The lowest BCUT2D eigenvalue weighted by molar-refractivity contribution is -0.114. The Kier molecular flexibility index (Phi) is 5.09. The van der Waals surface area contributed by atoms with Gasteiger partial charge in [-0.05, 0) is 0 Å². The smallest absolute Gasteiger partial charge is 0.166 e. The van der Waals surface area contributed by atoms with E-state index in [2.05, 4.69) is 31.9 Å². The Hall–Kier alpha value is 1.36. The van der Waals surface area contributed by atoms with Gasteiger partial charge in [-0.1, -0.05) is 54.5 Å². The molecule has 0 amide bonds. The van der Waals surface area contributed by atoms with E-state index >= 15 is 0 Å². The molecule has 0 aliphatic carbocycles. The molecule has 0 radical (unpaired) electrons. The van der Waals surface area contributed by atoms with E-state index in [-0.39, 0.29) is 9.52 Å². The van der Waals surface area contributed by atoms with Crippen molar-refractivity contribution in [2.75, 3.05) is 4.43 Å². The van der Waals surface area contributed by atoms with Crippen LogP contribution in [0, 0.1) is 0 Å². The quantitative estimate of drug-likeness (QED) is 0.555. The van der Waals surface area contributed by atoms with Crippen LogP contribution in [0.1, 0.15) is 0 Å². The van der Waals surface area contributed by atoms with Gasteiger partial charge in [0.2, 0.25) is 0 Å². The molecule has 0 aromatic carbocycles. The van der Waals surface area contributed by atoms with E-state index in [4.69, 9.17) is 0 Å². The number of Topliss-reactive ketones (excluding diaryl/α,β-unsaturated/α-hetero) is 1. The first-order valence-electron chi connectivity index (χ1n) is 1.55. The van der Waals surface area contributed by atoms with Crippen molar-refractivity contribution >= 4 is 60.2 Å². The van der Waals surface area contributed by atoms with Crippen LogP contribution in [-0.4, -0.2) is 13.9 Å². The zero-order valence-corrected chi connectivity index (χ0v) is 8.66. The lowest BCUT2D eigenvalue weighted by Gasteiger charge is -1.90. The van der Waals surface area contributed by atoms with Gasteiger partial charge in [-0.15, -0.1) is 0 Å². The summed E-state index contributed by atoms with van der Waals surface area (Å²) in [5.74, 6) is 0.167. The van der Waals surface area contributed by atoms with Crippen molar-refractivity contribution in [2.24, 2.45) is 0 Å². The third-order valence-corrected chi connectivity index (χ3v) is 2.15. The number of ketones is 1. The number of carbonyl (C=O) groups is 1. The van der Waals surface area contributed by atoms with Crippen LogP contribution in [0.15, 0.2) is 0 Å². The van der Waals surface area contributed by atoms with E-state index < -0.39 is 0 Å². The van der Waals surface area contributed by atoms with Crippen molar-refractivity contribution in [1.29, 1.82) is 0 Å². The Labute approximate surface area is 72.6 Å². The molecular weight excluding hydrogens is 339 g/mol. The van der Waals surface area contributed by atoms with Gasteiger partial charge in [-0.25, -0.2) is 0 Å².